The number of nitrogens with one attached hydrogen (secondary N) is 1. The van der Waals surface area contributed by atoms with Crippen molar-refractivity contribution >= 4 is 11.5 Å². The zero-order valence-electron chi connectivity index (χ0n) is 11.9. The molecule has 0 saturated heterocycles. The van der Waals surface area contributed by atoms with Gasteiger partial charge < -0.3 is 5.32 Å². The van der Waals surface area contributed by atoms with Crippen LogP contribution in [0.5, 0.6) is 0 Å². The second-order valence-corrected chi connectivity index (χ2v) is 4.76. The Hall–Kier alpha value is -2.35. The number of carbonyl (C=O) groups is 1. The van der Waals surface area contributed by atoms with Crippen LogP contribution in [0.1, 0.15) is 28.4 Å². The molecule has 0 aliphatic rings. The molecule has 0 amide bonds. The van der Waals surface area contributed by atoms with Crippen LogP contribution in [0.2, 0.25) is 0 Å². The van der Waals surface area contributed by atoms with Crippen molar-refractivity contribution in [1.29, 1.82) is 0 Å². The van der Waals surface area contributed by atoms with E-state index >= 15 is 0 Å². The first-order chi connectivity index (χ1) is 9.69. The Kier molecular flexibility index (Phi) is 4.72. The molecule has 0 aliphatic carbocycles. The molecule has 0 unspecified atom stereocenters. The van der Waals surface area contributed by atoms with Crippen molar-refractivity contribution in [3.8, 4) is 0 Å². The van der Waals surface area contributed by atoms with Crippen molar-refractivity contribution < 1.29 is 4.79 Å². The second-order valence-electron chi connectivity index (χ2n) is 4.76. The predicted molar refractivity (Wildman–Crippen MR) is 84.1 cm³/mol. The van der Waals surface area contributed by atoms with E-state index in [1.165, 1.54) is 5.56 Å². The number of aryl methyl sites for hydroxylation is 2. The van der Waals surface area contributed by atoms with Gasteiger partial charge in [0.25, 0.3) is 0 Å². The van der Waals surface area contributed by atoms with Crippen LogP contribution in [0, 0.1) is 6.92 Å². The highest BCUT2D eigenvalue weighted by Gasteiger charge is 2.00. The number of carbonyl (C=O) groups excluding carboxylic acids is 1. The first-order valence-corrected chi connectivity index (χ1v) is 6.82. The lowest BCUT2D eigenvalue weighted by atomic mass is 10.1. The molecule has 2 aromatic rings. The van der Waals surface area contributed by atoms with Crippen LogP contribution in [0.25, 0.3) is 0 Å². The summed E-state index contributed by atoms with van der Waals surface area (Å²) in [5.74, 6) is 0.00248. The molecule has 20 heavy (non-hydrogen) atoms. The third-order valence-corrected chi connectivity index (χ3v) is 3.18. The minimum atomic E-state index is 0.00248. The molecule has 2 aromatic carbocycles. The van der Waals surface area contributed by atoms with Crippen LogP contribution >= 0.6 is 0 Å². The van der Waals surface area contributed by atoms with Crippen molar-refractivity contribution in [3.63, 3.8) is 0 Å². The second kappa shape index (κ2) is 6.71. The van der Waals surface area contributed by atoms with E-state index in [0.717, 1.165) is 17.7 Å². The number of anilines is 1. The van der Waals surface area contributed by atoms with Gasteiger partial charge in [-0.2, -0.15) is 0 Å². The standard InChI is InChI=1S/C18H19NO/c1-3-15-6-10-17(11-7-15)19-13-12-18(20)16-8-4-14(2)5-9-16/h4-13,19H,3H2,1-2H3/b13-12+. The van der Waals surface area contributed by atoms with E-state index < -0.39 is 0 Å². The monoisotopic (exact) mass is 265 g/mol. The minimum Gasteiger partial charge on any atom is -0.362 e. The maximum Gasteiger partial charge on any atom is 0.187 e. The van der Waals surface area contributed by atoms with Gasteiger partial charge in [0.05, 0.1) is 0 Å². The average molecular weight is 265 g/mol. The molecule has 0 aromatic heterocycles. The fraction of sp³-hybridized carbons (Fsp3) is 0.167. The smallest absolute Gasteiger partial charge is 0.187 e. The topological polar surface area (TPSA) is 29.1 Å². The van der Waals surface area contributed by atoms with Gasteiger partial charge in [0.15, 0.2) is 5.78 Å². The van der Waals surface area contributed by atoms with Gasteiger partial charge in [-0.25, -0.2) is 0 Å². The summed E-state index contributed by atoms with van der Waals surface area (Å²) < 4.78 is 0. The van der Waals surface area contributed by atoms with Crippen LogP contribution in [0.3, 0.4) is 0 Å². The first-order valence-electron chi connectivity index (χ1n) is 6.82. The largest absolute Gasteiger partial charge is 0.362 e. The highest BCUT2D eigenvalue weighted by Crippen LogP contribution is 2.10. The highest BCUT2D eigenvalue weighted by atomic mass is 16.1. The van der Waals surface area contributed by atoms with Gasteiger partial charge in [0.1, 0.15) is 0 Å². The maximum absolute atomic E-state index is 11.9. The number of rotatable bonds is 5. The zero-order valence-corrected chi connectivity index (χ0v) is 11.9. The van der Waals surface area contributed by atoms with Gasteiger partial charge in [-0.3, -0.25) is 4.79 Å². The van der Waals surface area contributed by atoms with E-state index in [0.29, 0.717) is 5.56 Å². The molecule has 0 atom stereocenters. The van der Waals surface area contributed by atoms with Gasteiger partial charge in [-0.1, -0.05) is 48.9 Å². The quantitative estimate of drug-likeness (QED) is 0.642. The number of ketones is 1. The summed E-state index contributed by atoms with van der Waals surface area (Å²) >= 11 is 0. The van der Waals surface area contributed by atoms with Crippen LogP contribution in [0.15, 0.2) is 60.8 Å². The molecule has 0 aliphatic heterocycles. The Balaban J connectivity index is 1.95. The maximum atomic E-state index is 11.9. The van der Waals surface area contributed by atoms with E-state index in [4.69, 9.17) is 0 Å². The van der Waals surface area contributed by atoms with Crippen LogP contribution in [-0.2, 0) is 6.42 Å². The minimum absolute atomic E-state index is 0.00248. The molecule has 0 saturated carbocycles. The number of benzene rings is 2. The average Bonchev–Trinajstić information content (AvgIpc) is 2.48. The Bertz CT molecular complexity index is 594. The summed E-state index contributed by atoms with van der Waals surface area (Å²) in [4.78, 5) is 11.9. The lowest BCUT2D eigenvalue weighted by molar-refractivity contribution is 0.104. The molecule has 2 heteroatoms. The fourth-order valence-electron chi connectivity index (χ4n) is 1.86. The molecular weight excluding hydrogens is 246 g/mol. The summed E-state index contributed by atoms with van der Waals surface area (Å²) in [6.07, 6.45) is 4.27. The van der Waals surface area contributed by atoms with E-state index in [-0.39, 0.29) is 5.78 Å². The van der Waals surface area contributed by atoms with Crippen molar-refractivity contribution in [2.24, 2.45) is 0 Å². The van der Waals surface area contributed by atoms with Crippen molar-refractivity contribution in [1.82, 2.24) is 0 Å². The van der Waals surface area contributed by atoms with E-state index in [9.17, 15) is 4.79 Å². The van der Waals surface area contributed by atoms with Gasteiger partial charge >= 0.3 is 0 Å². The van der Waals surface area contributed by atoms with Gasteiger partial charge in [0, 0.05) is 23.5 Å². The van der Waals surface area contributed by atoms with Gasteiger partial charge in [-0.05, 0) is 31.0 Å². The van der Waals surface area contributed by atoms with E-state index in [1.807, 2.05) is 43.3 Å². The third-order valence-electron chi connectivity index (χ3n) is 3.18. The van der Waals surface area contributed by atoms with Gasteiger partial charge in [-0.15, -0.1) is 0 Å². The lowest BCUT2D eigenvalue weighted by Gasteiger charge is -2.02. The van der Waals surface area contributed by atoms with Crippen LogP contribution < -0.4 is 5.32 Å². The molecule has 2 rings (SSSR count). The summed E-state index contributed by atoms with van der Waals surface area (Å²) in [5, 5.41) is 3.11. The Morgan fingerprint density at radius 3 is 2.30 bits per heavy atom. The molecule has 1 N–H and O–H groups in total. The van der Waals surface area contributed by atoms with Crippen molar-refractivity contribution in [2.45, 2.75) is 20.3 Å². The molecular formula is C18H19NO. The number of hydrogen-bond acceptors (Lipinski definition) is 2. The van der Waals surface area contributed by atoms with Gasteiger partial charge in [0.2, 0.25) is 0 Å². The lowest BCUT2D eigenvalue weighted by Crippen LogP contribution is -1.96. The summed E-state index contributed by atoms with van der Waals surface area (Å²) in [7, 11) is 0. The van der Waals surface area contributed by atoms with E-state index in [2.05, 4.69) is 24.4 Å². The number of hydrogen-bond donors (Lipinski definition) is 1. The SMILES string of the molecule is CCc1ccc(N/C=C/C(=O)c2ccc(C)cc2)cc1. The predicted octanol–water partition coefficient (Wildman–Crippen LogP) is 4.37. The van der Waals surface area contributed by atoms with Crippen LogP contribution in [-0.4, -0.2) is 5.78 Å². The van der Waals surface area contributed by atoms with Crippen LogP contribution in [0.4, 0.5) is 5.69 Å². The molecule has 2 nitrogen and oxygen atoms in total. The molecule has 0 radical (unpaired) electrons. The molecule has 0 fully saturated rings. The molecule has 0 bridgehead atoms. The van der Waals surface area contributed by atoms with E-state index in [1.54, 1.807) is 12.3 Å². The van der Waals surface area contributed by atoms with Crippen molar-refractivity contribution in [2.75, 3.05) is 5.32 Å². The molecule has 0 spiro atoms. The molecule has 102 valence electrons. The summed E-state index contributed by atoms with van der Waals surface area (Å²) in [6, 6.07) is 15.8. The number of allylic oxidation sites excluding steroid dienone is 1. The Morgan fingerprint density at radius 2 is 1.70 bits per heavy atom. The molecule has 0 heterocycles. The zero-order chi connectivity index (χ0) is 14.4. The summed E-state index contributed by atoms with van der Waals surface area (Å²) in [5.41, 5.74) is 4.14. The Morgan fingerprint density at radius 1 is 1.05 bits per heavy atom. The Labute approximate surface area is 120 Å². The normalized spacial score (nSPS) is 10.7. The third kappa shape index (κ3) is 3.82. The highest BCUT2D eigenvalue weighted by molar-refractivity contribution is 6.04. The fourth-order valence-corrected chi connectivity index (χ4v) is 1.86. The first kappa shape index (κ1) is 14.1. The summed E-state index contributed by atoms with van der Waals surface area (Å²) in [6.45, 7) is 4.13. The van der Waals surface area contributed by atoms with Crippen molar-refractivity contribution in [3.05, 3.63) is 77.5 Å².